The molecular formula is C47H78O3. The first-order chi connectivity index (χ1) is 24.0. The number of unbranched alkanes of at least 4 members (excludes halogenated alkanes) is 8. The second-order valence-electron chi connectivity index (χ2n) is 18.9. The molecule has 3 saturated carbocycles. The molecule has 0 amide bonds. The van der Waals surface area contributed by atoms with E-state index < -0.39 is 0 Å². The maximum atomic E-state index is 12.9. The lowest BCUT2D eigenvalue weighted by Crippen LogP contribution is -2.51. The summed E-state index contributed by atoms with van der Waals surface area (Å²) in [6, 6.07) is 2.26. The summed E-state index contributed by atoms with van der Waals surface area (Å²) in [5.41, 5.74) is 3.83. The Morgan fingerprint density at radius 1 is 0.860 bits per heavy atom. The molecule has 4 aliphatic carbocycles. The molecule has 0 N–H and O–H groups in total. The largest absolute Gasteiger partial charge is 0.466 e. The molecule has 284 valence electrons. The van der Waals surface area contributed by atoms with Gasteiger partial charge in [-0.3, -0.25) is 4.79 Å². The summed E-state index contributed by atoms with van der Waals surface area (Å²) in [5, 5.41) is 0. The van der Waals surface area contributed by atoms with Crippen LogP contribution >= 0.6 is 0 Å². The molecule has 8 unspecified atom stereocenters. The second-order valence-corrected chi connectivity index (χ2v) is 18.9. The van der Waals surface area contributed by atoms with Crippen molar-refractivity contribution in [3.05, 3.63) is 34.8 Å². The quantitative estimate of drug-likeness (QED) is 0.0776. The van der Waals surface area contributed by atoms with Crippen molar-refractivity contribution in [2.45, 2.75) is 209 Å². The lowest BCUT2D eigenvalue weighted by molar-refractivity contribution is -0.151. The molecule has 0 bridgehead atoms. The zero-order valence-corrected chi connectivity index (χ0v) is 33.9. The van der Waals surface area contributed by atoms with Crippen molar-refractivity contribution < 1.29 is 13.9 Å². The molecule has 1 aromatic rings. The molecule has 0 spiro atoms. The van der Waals surface area contributed by atoms with E-state index in [9.17, 15) is 4.79 Å². The van der Waals surface area contributed by atoms with Crippen LogP contribution in [0.15, 0.2) is 22.1 Å². The summed E-state index contributed by atoms with van der Waals surface area (Å²) in [6.45, 7) is 17.1. The fraction of sp³-hybridized carbons (Fsp3) is 0.851. The molecule has 0 aromatic carbocycles. The fourth-order valence-corrected chi connectivity index (χ4v) is 11.9. The average molecular weight is 691 g/mol. The molecule has 8 atom stereocenters. The number of hydrogen-bond acceptors (Lipinski definition) is 3. The van der Waals surface area contributed by atoms with E-state index in [1.165, 1.54) is 126 Å². The van der Waals surface area contributed by atoms with Crippen LogP contribution < -0.4 is 0 Å². The van der Waals surface area contributed by atoms with Gasteiger partial charge in [-0.15, -0.1) is 0 Å². The van der Waals surface area contributed by atoms with Gasteiger partial charge in [0.15, 0.2) is 0 Å². The SMILES string of the molecule is CCCCCCc1cc(C)c(CCCCCCCCC(=O)OC2CCC3(C)C(=CCC4C3CCC3(C)C(C(C)CCCC(C)C)CCC43)C2)o1. The van der Waals surface area contributed by atoms with Gasteiger partial charge in [0, 0.05) is 25.7 Å². The summed E-state index contributed by atoms with van der Waals surface area (Å²) in [4.78, 5) is 12.9. The van der Waals surface area contributed by atoms with Crippen LogP contribution in [0.5, 0.6) is 0 Å². The van der Waals surface area contributed by atoms with Crippen molar-refractivity contribution in [1.29, 1.82) is 0 Å². The van der Waals surface area contributed by atoms with Crippen LogP contribution in [0.25, 0.3) is 0 Å². The topological polar surface area (TPSA) is 39.4 Å². The number of carbonyl (C=O) groups is 1. The van der Waals surface area contributed by atoms with Crippen LogP contribution in [-0.4, -0.2) is 12.1 Å². The van der Waals surface area contributed by atoms with Gasteiger partial charge in [0.25, 0.3) is 0 Å². The molecule has 0 aliphatic heterocycles. The number of hydrogen-bond donors (Lipinski definition) is 0. The number of carbonyl (C=O) groups excluding carboxylic acids is 1. The Labute approximate surface area is 308 Å². The predicted octanol–water partition coefficient (Wildman–Crippen LogP) is 13.9. The Balaban J connectivity index is 0.980. The van der Waals surface area contributed by atoms with Gasteiger partial charge in [0.2, 0.25) is 0 Å². The first-order valence-corrected chi connectivity index (χ1v) is 22.0. The standard InChI is InChI=1S/C47H78O3/c1-8-9-10-15-21-38-32-36(5)44(49-38)22-16-13-11-12-14-17-23-45(48)50-39-28-30-46(6)37(33-39)24-25-40-42-27-26-41(35(4)20-18-19-34(2)3)47(42,7)31-29-43(40)46/h24,32,34-35,39-43H,8-23,25-31,33H2,1-7H3. The fourth-order valence-electron chi connectivity index (χ4n) is 11.9. The highest BCUT2D eigenvalue weighted by molar-refractivity contribution is 5.69. The maximum Gasteiger partial charge on any atom is 0.306 e. The van der Waals surface area contributed by atoms with E-state index in [2.05, 4.69) is 60.6 Å². The Hall–Kier alpha value is -1.51. The van der Waals surface area contributed by atoms with Crippen LogP contribution in [-0.2, 0) is 22.4 Å². The summed E-state index contributed by atoms with van der Waals surface area (Å²) in [7, 11) is 0. The Kier molecular flexibility index (Phi) is 14.7. The highest BCUT2D eigenvalue weighted by Gasteiger charge is 2.59. The van der Waals surface area contributed by atoms with E-state index in [0.29, 0.717) is 17.3 Å². The molecule has 4 aliphatic rings. The summed E-state index contributed by atoms with van der Waals surface area (Å²) >= 11 is 0. The van der Waals surface area contributed by atoms with Crippen LogP contribution in [0.2, 0.25) is 0 Å². The minimum absolute atomic E-state index is 0.0413. The normalized spacial score (nSPS) is 31.2. The van der Waals surface area contributed by atoms with Crippen LogP contribution in [0.1, 0.15) is 200 Å². The van der Waals surface area contributed by atoms with Gasteiger partial charge >= 0.3 is 5.97 Å². The van der Waals surface area contributed by atoms with Crippen LogP contribution in [0.3, 0.4) is 0 Å². The maximum absolute atomic E-state index is 12.9. The van der Waals surface area contributed by atoms with Crippen molar-refractivity contribution in [2.24, 2.45) is 46.3 Å². The highest BCUT2D eigenvalue weighted by atomic mass is 16.5. The van der Waals surface area contributed by atoms with Crippen molar-refractivity contribution in [2.75, 3.05) is 0 Å². The molecule has 3 nitrogen and oxygen atoms in total. The Morgan fingerprint density at radius 3 is 2.38 bits per heavy atom. The van der Waals surface area contributed by atoms with E-state index in [1.807, 2.05) is 0 Å². The average Bonchev–Trinajstić information content (AvgIpc) is 3.62. The van der Waals surface area contributed by atoms with Crippen molar-refractivity contribution in [3.8, 4) is 0 Å². The Bertz CT molecular complexity index is 1220. The van der Waals surface area contributed by atoms with Gasteiger partial charge in [0.05, 0.1) is 0 Å². The van der Waals surface area contributed by atoms with Gasteiger partial charge < -0.3 is 9.15 Å². The molecule has 1 heterocycles. The van der Waals surface area contributed by atoms with Crippen LogP contribution in [0.4, 0.5) is 0 Å². The van der Waals surface area contributed by atoms with Crippen LogP contribution in [0, 0.1) is 53.3 Å². The molecule has 50 heavy (non-hydrogen) atoms. The second kappa shape index (κ2) is 18.5. The molecule has 1 aromatic heterocycles. The van der Waals surface area contributed by atoms with Gasteiger partial charge in [0.1, 0.15) is 17.6 Å². The molecule has 3 fully saturated rings. The summed E-state index contributed by atoms with van der Waals surface area (Å²) in [5.74, 6) is 7.64. The molecule has 3 heteroatoms. The summed E-state index contributed by atoms with van der Waals surface area (Å²) < 4.78 is 12.3. The smallest absolute Gasteiger partial charge is 0.306 e. The number of allylic oxidation sites excluding steroid dienone is 1. The monoisotopic (exact) mass is 691 g/mol. The van der Waals surface area contributed by atoms with E-state index in [1.54, 1.807) is 5.57 Å². The van der Waals surface area contributed by atoms with Crippen molar-refractivity contribution >= 4 is 5.97 Å². The number of esters is 1. The van der Waals surface area contributed by atoms with E-state index in [-0.39, 0.29) is 12.1 Å². The first-order valence-electron chi connectivity index (χ1n) is 22.0. The van der Waals surface area contributed by atoms with Crippen molar-refractivity contribution in [3.63, 3.8) is 0 Å². The molecule has 0 radical (unpaired) electrons. The predicted molar refractivity (Wildman–Crippen MR) is 210 cm³/mol. The third-order valence-corrected chi connectivity index (χ3v) is 14.9. The highest BCUT2D eigenvalue weighted by Crippen LogP contribution is 2.67. The van der Waals surface area contributed by atoms with Crippen molar-refractivity contribution in [1.82, 2.24) is 0 Å². The number of ether oxygens (including phenoxy) is 1. The minimum atomic E-state index is 0.0413. The lowest BCUT2D eigenvalue weighted by atomic mass is 9.47. The van der Waals surface area contributed by atoms with Gasteiger partial charge in [-0.1, -0.05) is 117 Å². The molecule has 0 saturated heterocycles. The molecule has 5 rings (SSSR count). The van der Waals surface area contributed by atoms with Gasteiger partial charge in [-0.05, 0) is 129 Å². The van der Waals surface area contributed by atoms with Gasteiger partial charge in [-0.2, -0.15) is 0 Å². The zero-order valence-electron chi connectivity index (χ0n) is 33.9. The Morgan fingerprint density at radius 2 is 1.60 bits per heavy atom. The minimum Gasteiger partial charge on any atom is -0.466 e. The number of fused-ring (bicyclic) bond motifs is 5. The third kappa shape index (κ3) is 9.72. The third-order valence-electron chi connectivity index (χ3n) is 14.9. The lowest BCUT2D eigenvalue weighted by Gasteiger charge is -2.58. The van der Waals surface area contributed by atoms with E-state index >= 15 is 0 Å². The number of furan rings is 1. The van der Waals surface area contributed by atoms with E-state index in [0.717, 1.165) is 74.0 Å². The number of rotatable bonds is 20. The van der Waals surface area contributed by atoms with E-state index in [4.69, 9.17) is 9.15 Å². The number of aryl methyl sites for hydroxylation is 3. The summed E-state index contributed by atoms with van der Waals surface area (Å²) in [6.07, 6.45) is 32.1. The van der Waals surface area contributed by atoms with Gasteiger partial charge in [-0.25, -0.2) is 0 Å². The molecular weight excluding hydrogens is 613 g/mol. The first kappa shape index (κ1) is 39.7. The zero-order chi connectivity index (χ0) is 35.7.